The third-order valence-electron chi connectivity index (χ3n) is 4.97. The lowest BCUT2D eigenvalue weighted by molar-refractivity contribution is 0.0936. The molecule has 150 valence electrons. The van der Waals surface area contributed by atoms with E-state index in [0.717, 1.165) is 28.9 Å². The Labute approximate surface area is 170 Å². The largest absolute Gasteiger partial charge is 0.350 e. The summed E-state index contributed by atoms with van der Waals surface area (Å²) in [6.45, 7) is 8.15. The van der Waals surface area contributed by atoms with Gasteiger partial charge >= 0.3 is 0 Å². The van der Waals surface area contributed by atoms with Gasteiger partial charge in [-0.05, 0) is 63.1 Å². The summed E-state index contributed by atoms with van der Waals surface area (Å²) < 4.78 is 0. The molecule has 0 radical (unpaired) electrons. The number of amides is 2. The molecule has 2 amide bonds. The van der Waals surface area contributed by atoms with Crippen LogP contribution >= 0.6 is 0 Å². The molecule has 0 aliphatic carbocycles. The lowest BCUT2D eigenvalue weighted by atomic mass is 10.1. The zero-order valence-corrected chi connectivity index (χ0v) is 17.2. The molecule has 0 fully saturated rings. The van der Waals surface area contributed by atoms with E-state index < -0.39 is 0 Å². The van der Waals surface area contributed by atoms with Gasteiger partial charge in [0.2, 0.25) is 0 Å². The Balaban J connectivity index is 1.69. The first-order valence-corrected chi connectivity index (χ1v) is 9.80. The minimum absolute atomic E-state index is 0.105. The van der Waals surface area contributed by atoms with E-state index in [1.807, 2.05) is 45.9 Å². The molecule has 0 saturated heterocycles. The molecular weight excluding hydrogens is 364 g/mol. The van der Waals surface area contributed by atoms with Gasteiger partial charge in [-0.3, -0.25) is 9.59 Å². The van der Waals surface area contributed by atoms with Crippen LogP contribution in [-0.2, 0) is 6.54 Å². The molecule has 1 atom stereocenters. The molecule has 0 bridgehead atoms. The summed E-state index contributed by atoms with van der Waals surface area (Å²) in [5.74, 6) is -0.298. The number of hydrogen-bond acceptors (Lipinski definition) is 4. The van der Waals surface area contributed by atoms with Crippen molar-refractivity contribution >= 4 is 22.8 Å². The highest BCUT2D eigenvalue weighted by Crippen LogP contribution is 2.15. The standard InChI is InChI=1S/C23H26N4O2/c1-5-14(2)25-23(29)18-8-6-7-17(11-18)13-24-22(28)19-9-10-20-21(12-19)27-16(4)15(3)26-20/h6-12,14H,5,13H2,1-4H3,(H,24,28)(H,25,29)/t14-/m0/s1. The number of aryl methyl sites for hydroxylation is 2. The molecule has 2 aromatic carbocycles. The van der Waals surface area contributed by atoms with Crippen LogP contribution in [0.15, 0.2) is 42.5 Å². The topological polar surface area (TPSA) is 84.0 Å². The summed E-state index contributed by atoms with van der Waals surface area (Å²) in [7, 11) is 0. The minimum Gasteiger partial charge on any atom is -0.350 e. The number of carbonyl (C=O) groups is 2. The molecule has 0 unspecified atom stereocenters. The molecule has 3 rings (SSSR count). The Bertz CT molecular complexity index is 1060. The van der Waals surface area contributed by atoms with Crippen LogP contribution in [0.1, 0.15) is 57.9 Å². The summed E-state index contributed by atoms with van der Waals surface area (Å²) in [6.07, 6.45) is 0.872. The van der Waals surface area contributed by atoms with Crippen LogP contribution < -0.4 is 10.6 Å². The number of carbonyl (C=O) groups excluding carboxylic acids is 2. The maximum atomic E-state index is 12.6. The smallest absolute Gasteiger partial charge is 0.251 e. The number of nitrogens with zero attached hydrogens (tertiary/aromatic N) is 2. The second-order valence-corrected chi connectivity index (χ2v) is 7.26. The first-order chi connectivity index (χ1) is 13.9. The van der Waals surface area contributed by atoms with Crippen molar-refractivity contribution in [1.29, 1.82) is 0 Å². The molecule has 3 aromatic rings. The Morgan fingerprint density at radius 3 is 2.34 bits per heavy atom. The van der Waals surface area contributed by atoms with Crippen LogP contribution in [0.2, 0.25) is 0 Å². The highest BCUT2D eigenvalue weighted by molar-refractivity contribution is 5.97. The maximum Gasteiger partial charge on any atom is 0.251 e. The van der Waals surface area contributed by atoms with Crippen molar-refractivity contribution < 1.29 is 9.59 Å². The SMILES string of the molecule is CC[C@H](C)NC(=O)c1cccc(CNC(=O)c2ccc3nc(C)c(C)nc3c2)c1. The zero-order chi connectivity index (χ0) is 21.0. The van der Waals surface area contributed by atoms with Crippen LogP contribution in [0, 0.1) is 13.8 Å². The predicted octanol–water partition coefficient (Wildman–Crippen LogP) is 3.70. The predicted molar refractivity (Wildman–Crippen MR) is 114 cm³/mol. The summed E-state index contributed by atoms with van der Waals surface area (Å²) in [5.41, 5.74) is 5.18. The number of benzene rings is 2. The molecule has 6 heteroatoms. The lowest BCUT2D eigenvalue weighted by Gasteiger charge is -2.12. The molecule has 0 saturated carbocycles. The van der Waals surface area contributed by atoms with Gasteiger partial charge in [-0.25, -0.2) is 9.97 Å². The van der Waals surface area contributed by atoms with Crippen molar-refractivity contribution in [2.45, 2.75) is 46.7 Å². The van der Waals surface area contributed by atoms with Crippen LogP contribution in [0.5, 0.6) is 0 Å². The summed E-state index contributed by atoms with van der Waals surface area (Å²) in [5, 5.41) is 5.86. The van der Waals surface area contributed by atoms with Gasteiger partial charge in [0, 0.05) is 23.7 Å². The van der Waals surface area contributed by atoms with Crippen molar-refractivity contribution in [3.8, 4) is 0 Å². The Hall–Kier alpha value is -3.28. The van der Waals surface area contributed by atoms with Crippen molar-refractivity contribution in [3.05, 3.63) is 70.5 Å². The molecule has 1 heterocycles. The van der Waals surface area contributed by atoms with E-state index in [-0.39, 0.29) is 17.9 Å². The van der Waals surface area contributed by atoms with E-state index >= 15 is 0 Å². The van der Waals surface area contributed by atoms with Gasteiger partial charge in [-0.15, -0.1) is 0 Å². The number of aromatic nitrogens is 2. The van der Waals surface area contributed by atoms with Gasteiger partial charge in [0.25, 0.3) is 11.8 Å². The zero-order valence-electron chi connectivity index (χ0n) is 17.2. The summed E-state index contributed by atoms with van der Waals surface area (Å²) in [4.78, 5) is 33.9. The number of nitrogens with one attached hydrogen (secondary N) is 2. The van der Waals surface area contributed by atoms with E-state index in [0.29, 0.717) is 23.2 Å². The first-order valence-electron chi connectivity index (χ1n) is 9.80. The summed E-state index contributed by atoms with van der Waals surface area (Å²) in [6, 6.07) is 12.7. The monoisotopic (exact) mass is 390 g/mol. The van der Waals surface area contributed by atoms with E-state index in [1.165, 1.54) is 0 Å². The fraction of sp³-hybridized carbons (Fsp3) is 0.304. The third-order valence-corrected chi connectivity index (χ3v) is 4.97. The Kier molecular flexibility index (Phi) is 6.22. The maximum absolute atomic E-state index is 12.6. The molecule has 29 heavy (non-hydrogen) atoms. The third kappa shape index (κ3) is 4.96. The molecule has 0 spiro atoms. The van der Waals surface area contributed by atoms with E-state index in [4.69, 9.17) is 0 Å². The molecular formula is C23H26N4O2. The van der Waals surface area contributed by atoms with Crippen molar-refractivity contribution in [2.75, 3.05) is 0 Å². The summed E-state index contributed by atoms with van der Waals surface area (Å²) >= 11 is 0. The van der Waals surface area contributed by atoms with Crippen molar-refractivity contribution in [2.24, 2.45) is 0 Å². The van der Waals surface area contributed by atoms with Gasteiger partial charge in [-0.2, -0.15) is 0 Å². The molecule has 1 aromatic heterocycles. The van der Waals surface area contributed by atoms with Gasteiger partial charge < -0.3 is 10.6 Å². The molecule has 0 aliphatic rings. The first kappa shape index (κ1) is 20.5. The highest BCUT2D eigenvalue weighted by Gasteiger charge is 2.11. The van der Waals surface area contributed by atoms with Gasteiger partial charge in [0.15, 0.2) is 0 Å². The number of rotatable bonds is 6. The second-order valence-electron chi connectivity index (χ2n) is 7.26. The van der Waals surface area contributed by atoms with E-state index in [1.54, 1.807) is 24.3 Å². The van der Waals surface area contributed by atoms with E-state index in [2.05, 4.69) is 20.6 Å². The van der Waals surface area contributed by atoms with Crippen LogP contribution in [0.25, 0.3) is 11.0 Å². The van der Waals surface area contributed by atoms with Crippen molar-refractivity contribution in [1.82, 2.24) is 20.6 Å². The van der Waals surface area contributed by atoms with Gasteiger partial charge in [0.05, 0.1) is 22.4 Å². The fourth-order valence-corrected chi connectivity index (χ4v) is 2.89. The second kappa shape index (κ2) is 8.82. The Morgan fingerprint density at radius 2 is 1.62 bits per heavy atom. The minimum atomic E-state index is -0.193. The number of fused-ring (bicyclic) bond motifs is 1. The van der Waals surface area contributed by atoms with Gasteiger partial charge in [-0.1, -0.05) is 19.1 Å². The average molecular weight is 390 g/mol. The van der Waals surface area contributed by atoms with E-state index in [9.17, 15) is 9.59 Å². The van der Waals surface area contributed by atoms with Crippen molar-refractivity contribution in [3.63, 3.8) is 0 Å². The van der Waals surface area contributed by atoms with Crippen LogP contribution in [0.3, 0.4) is 0 Å². The number of hydrogen-bond donors (Lipinski definition) is 2. The van der Waals surface area contributed by atoms with Crippen LogP contribution in [-0.4, -0.2) is 27.8 Å². The molecule has 0 aliphatic heterocycles. The highest BCUT2D eigenvalue weighted by atomic mass is 16.2. The quantitative estimate of drug-likeness (QED) is 0.672. The molecule has 6 nitrogen and oxygen atoms in total. The normalized spacial score (nSPS) is 11.9. The lowest BCUT2D eigenvalue weighted by Crippen LogP contribution is -2.32. The molecule has 2 N–H and O–H groups in total. The average Bonchev–Trinajstić information content (AvgIpc) is 2.72. The fourth-order valence-electron chi connectivity index (χ4n) is 2.89. The Morgan fingerprint density at radius 1 is 0.931 bits per heavy atom. The van der Waals surface area contributed by atoms with Crippen LogP contribution in [0.4, 0.5) is 0 Å². The van der Waals surface area contributed by atoms with Gasteiger partial charge in [0.1, 0.15) is 0 Å².